The second-order valence-corrected chi connectivity index (χ2v) is 10.1. The summed E-state index contributed by atoms with van der Waals surface area (Å²) in [4.78, 5) is 26.4. The molecule has 2 aliphatic carbocycles. The smallest absolute Gasteiger partial charge is 0.478 e. The Kier molecular flexibility index (Phi) is 8.61. The average molecular weight is 519 g/mol. The number of ether oxygens (including phenoxy) is 1. The number of rotatable bonds is 7. The van der Waals surface area contributed by atoms with Gasteiger partial charge in [-0.1, -0.05) is 44.2 Å². The number of carboxylic acids is 1. The summed E-state index contributed by atoms with van der Waals surface area (Å²) in [5.41, 5.74) is 1.35. The zero-order chi connectivity index (χ0) is 26.4. The van der Waals surface area contributed by atoms with Gasteiger partial charge in [-0.05, 0) is 79.5 Å². The van der Waals surface area contributed by atoms with Crippen molar-refractivity contribution in [3.63, 3.8) is 0 Å². The van der Waals surface area contributed by atoms with Crippen LogP contribution in [0, 0.1) is 11.8 Å². The number of alkyl halides is 3. The lowest BCUT2D eigenvalue weighted by atomic mass is 9.72. The van der Waals surface area contributed by atoms with E-state index >= 15 is 0 Å². The van der Waals surface area contributed by atoms with Crippen LogP contribution in [0.3, 0.4) is 0 Å². The minimum atomic E-state index is -4.78. The van der Waals surface area contributed by atoms with E-state index in [-0.39, 0.29) is 23.4 Å². The van der Waals surface area contributed by atoms with Crippen molar-refractivity contribution in [1.29, 1.82) is 0 Å². The first-order valence-electron chi connectivity index (χ1n) is 12.9. The van der Waals surface area contributed by atoms with Crippen LogP contribution in [0.15, 0.2) is 48.5 Å². The number of nitrogens with one attached hydrogen (secondary N) is 1. The first-order chi connectivity index (χ1) is 17.7. The quantitative estimate of drug-likeness (QED) is 0.399. The van der Waals surface area contributed by atoms with Crippen LogP contribution in [0.5, 0.6) is 5.75 Å². The van der Waals surface area contributed by atoms with Crippen LogP contribution in [-0.4, -0.2) is 34.4 Å². The van der Waals surface area contributed by atoms with E-state index in [1.807, 2.05) is 0 Å². The van der Waals surface area contributed by atoms with Crippen molar-refractivity contribution in [3.05, 3.63) is 59.7 Å². The van der Waals surface area contributed by atoms with E-state index in [1.54, 1.807) is 17.0 Å². The molecular weight excluding hydrogens is 485 g/mol. The molecule has 0 saturated heterocycles. The fraction of sp³-hybridized carbons (Fsp3) is 0.500. The van der Waals surface area contributed by atoms with Crippen LogP contribution in [-0.2, 0) is 6.54 Å². The third-order valence-electron chi connectivity index (χ3n) is 7.65. The van der Waals surface area contributed by atoms with E-state index in [0.29, 0.717) is 18.2 Å². The molecule has 2 aromatic rings. The molecule has 0 aliphatic heterocycles. The Hall–Kier alpha value is -3.23. The van der Waals surface area contributed by atoms with Gasteiger partial charge in [-0.25, -0.2) is 9.59 Å². The molecule has 0 atom stereocenters. The third-order valence-corrected chi connectivity index (χ3v) is 7.65. The number of carboxylic acid groups (broad SMARTS) is 1. The number of hydrogen-bond donors (Lipinski definition) is 2. The number of carbonyl (C=O) groups excluding carboxylic acids is 1. The van der Waals surface area contributed by atoms with E-state index < -0.39 is 12.3 Å². The van der Waals surface area contributed by atoms with Crippen molar-refractivity contribution >= 4 is 17.7 Å². The Bertz CT molecular complexity index is 1040. The number of carbonyl (C=O) groups is 2. The van der Waals surface area contributed by atoms with E-state index in [9.17, 15) is 27.9 Å². The number of benzene rings is 2. The van der Waals surface area contributed by atoms with E-state index in [2.05, 4.69) is 10.1 Å². The highest BCUT2D eigenvalue weighted by atomic mass is 19.4. The Balaban J connectivity index is 1.45. The molecule has 0 bridgehead atoms. The predicted molar refractivity (Wildman–Crippen MR) is 133 cm³/mol. The molecule has 0 heterocycles. The molecule has 2 aliphatic rings. The molecule has 9 heteroatoms. The summed E-state index contributed by atoms with van der Waals surface area (Å²) in [7, 11) is 0. The van der Waals surface area contributed by atoms with Gasteiger partial charge in [0.15, 0.2) is 0 Å². The minimum absolute atomic E-state index is 0.0202. The maximum Gasteiger partial charge on any atom is 0.573 e. The second kappa shape index (κ2) is 11.9. The molecule has 2 amide bonds. The number of urea groups is 1. The summed E-state index contributed by atoms with van der Waals surface area (Å²) in [5, 5.41) is 12.0. The fourth-order valence-corrected chi connectivity index (χ4v) is 5.74. The number of hydrogen-bond acceptors (Lipinski definition) is 3. The Labute approximate surface area is 214 Å². The molecule has 0 radical (unpaired) electrons. The van der Waals surface area contributed by atoms with E-state index in [0.717, 1.165) is 49.3 Å². The Morgan fingerprint density at radius 1 is 0.865 bits per heavy atom. The zero-order valence-corrected chi connectivity index (χ0v) is 20.7. The predicted octanol–water partition coefficient (Wildman–Crippen LogP) is 7.46. The molecular formula is C28H33F3N2O4. The maximum absolute atomic E-state index is 13.4. The lowest BCUT2D eigenvalue weighted by Gasteiger charge is -2.40. The molecule has 37 heavy (non-hydrogen) atoms. The van der Waals surface area contributed by atoms with Gasteiger partial charge in [0.25, 0.3) is 0 Å². The van der Waals surface area contributed by atoms with Gasteiger partial charge in [-0.2, -0.15) is 0 Å². The lowest BCUT2D eigenvalue weighted by Crippen LogP contribution is -2.44. The molecule has 2 aromatic carbocycles. The van der Waals surface area contributed by atoms with Gasteiger partial charge in [-0.3, -0.25) is 0 Å². The van der Waals surface area contributed by atoms with Crippen molar-refractivity contribution in [2.45, 2.75) is 76.7 Å². The van der Waals surface area contributed by atoms with Gasteiger partial charge in [0.05, 0.1) is 5.56 Å². The topological polar surface area (TPSA) is 78.9 Å². The van der Waals surface area contributed by atoms with E-state index in [4.69, 9.17) is 0 Å². The van der Waals surface area contributed by atoms with Crippen molar-refractivity contribution in [1.82, 2.24) is 4.90 Å². The van der Waals surface area contributed by atoms with Gasteiger partial charge >= 0.3 is 18.4 Å². The standard InChI is InChI=1S/C28H33F3N2O4/c29-28(30,31)37-25-16-12-23(13-17-25)32-27(36)33(18-19-6-8-22(9-7-19)26(34)35)24-14-10-21(11-15-24)20-4-2-1-3-5-20/h6-9,12-13,16-17,20-21,24H,1-5,10-11,14-15,18H2,(H,32,36)(H,34,35)/t21-,24-. The summed E-state index contributed by atoms with van der Waals surface area (Å²) >= 11 is 0. The van der Waals surface area contributed by atoms with Crippen LogP contribution in [0.2, 0.25) is 0 Å². The van der Waals surface area contributed by atoms with Crippen LogP contribution < -0.4 is 10.1 Å². The second-order valence-electron chi connectivity index (χ2n) is 10.1. The monoisotopic (exact) mass is 518 g/mol. The van der Waals surface area contributed by atoms with Crippen molar-refractivity contribution in [3.8, 4) is 5.75 Å². The third kappa shape index (κ3) is 7.63. The van der Waals surface area contributed by atoms with Gasteiger partial charge in [0.1, 0.15) is 5.75 Å². The largest absolute Gasteiger partial charge is 0.573 e. The highest BCUT2D eigenvalue weighted by Gasteiger charge is 2.33. The van der Waals surface area contributed by atoms with Gasteiger partial charge < -0.3 is 20.1 Å². The molecule has 0 spiro atoms. The molecule has 0 unspecified atom stereocenters. The Morgan fingerprint density at radius 3 is 2.03 bits per heavy atom. The highest BCUT2D eigenvalue weighted by molar-refractivity contribution is 5.90. The number of amides is 2. The summed E-state index contributed by atoms with van der Waals surface area (Å²) in [6, 6.07) is 11.2. The van der Waals surface area contributed by atoms with Crippen LogP contribution in [0.4, 0.5) is 23.7 Å². The van der Waals surface area contributed by atoms with Crippen molar-refractivity contribution < 1.29 is 32.6 Å². The first-order valence-corrected chi connectivity index (χ1v) is 12.9. The molecule has 6 nitrogen and oxygen atoms in total. The molecule has 200 valence electrons. The fourth-order valence-electron chi connectivity index (χ4n) is 5.74. The summed E-state index contributed by atoms with van der Waals surface area (Å²) < 4.78 is 41.3. The Morgan fingerprint density at radius 2 is 1.46 bits per heavy atom. The summed E-state index contributed by atoms with van der Waals surface area (Å²) in [6.07, 6.45) is 5.66. The van der Waals surface area contributed by atoms with E-state index in [1.165, 1.54) is 56.4 Å². The first kappa shape index (κ1) is 26.8. The van der Waals surface area contributed by atoms with Crippen LogP contribution in [0.1, 0.15) is 73.7 Å². The maximum atomic E-state index is 13.4. The average Bonchev–Trinajstić information content (AvgIpc) is 2.88. The lowest BCUT2D eigenvalue weighted by molar-refractivity contribution is -0.274. The number of aromatic carboxylic acids is 1. The van der Waals surface area contributed by atoms with Gasteiger partial charge in [0, 0.05) is 18.3 Å². The van der Waals surface area contributed by atoms with Crippen LogP contribution in [0.25, 0.3) is 0 Å². The molecule has 0 aromatic heterocycles. The molecule has 4 rings (SSSR count). The summed E-state index contributed by atoms with van der Waals surface area (Å²) in [6.45, 7) is 0.305. The molecule has 2 N–H and O–H groups in total. The molecule has 2 fully saturated rings. The van der Waals surface area contributed by atoms with Crippen molar-refractivity contribution in [2.24, 2.45) is 11.8 Å². The number of anilines is 1. The highest BCUT2D eigenvalue weighted by Crippen LogP contribution is 2.39. The van der Waals surface area contributed by atoms with Gasteiger partial charge in [-0.15, -0.1) is 13.2 Å². The SMILES string of the molecule is O=C(O)c1ccc(CN(C(=O)Nc2ccc(OC(F)(F)F)cc2)[C@H]2CC[C@H](C3CCCCC3)CC2)cc1. The normalized spacial score (nSPS) is 20.7. The minimum Gasteiger partial charge on any atom is -0.478 e. The van der Waals surface area contributed by atoms with Gasteiger partial charge in [0.2, 0.25) is 0 Å². The number of halogens is 3. The van der Waals surface area contributed by atoms with Crippen LogP contribution >= 0.6 is 0 Å². The zero-order valence-electron chi connectivity index (χ0n) is 20.7. The number of nitrogens with zero attached hydrogens (tertiary/aromatic N) is 1. The summed E-state index contributed by atoms with van der Waals surface area (Å²) in [5.74, 6) is 0.0949. The van der Waals surface area contributed by atoms with Crippen molar-refractivity contribution in [2.75, 3.05) is 5.32 Å². The molecule has 2 saturated carbocycles.